The Balaban J connectivity index is 1.95. The lowest BCUT2D eigenvalue weighted by Crippen LogP contribution is -2.61. The third-order valence-corrected chi connectivity index (χ3v) is 6.03. The molecule has 0 bridgehead atoms. The van der Waals surface area contributed by atoms with E-state index in [1.54, 1.807) is 36.4 Å². The molecule has 0 unspecified atom stereocenters. The SMILES string of the molecule is O=C(N/N=C/C(=N\NC(=O)c1ccccc1)[C@@H](O[C@H]1O[C@H](CO)[C@@H](O)[C@H](O)[C@H]1O)[C@H](O)[C@H](O)CO)c1ccccc1. The first-order valence-corrected chi connectivity index (χ1v) is 12.4. The highest BCUT2D eigenvalue weighted by Crippen LogP contribution is 2.24. The van der Waals surface area contributed by atoms with E-state index in [9.17, 15) is 45.3 Å². The van der Waals surface area contributed by atoms with Gasteiger partial charge >= 0.3 is 0 Å². The first kappa shape index (κ1) is 31.9. The van der Waals surface area contributed by atoms with Crippen LogP contribution in [0.15, 0.2) is 70.9 Å². The van der Waals surface area contributed by atoms with Crippen LogP contribution in [0.3, 0.4) is 0 Å². The number of carbonyl (C=O) groups is 2. The summed E-state index contributed by atoms with van der Waals surface area (Å²) in [6.45, 7) is -1.74. The fourth-order valence-corrected chi connectivity index (χ4v) is 3.71. The Hall–Kier alpha value is -3.64. The molecule has 1 aliphatic rings. The lowest BCUT2D eigenvalue weighted by molar-refractivity contribution is -0.312. The highest BCUT2D eigenvalue weighted by Gasteiger charge is 2.46. The van der Waals surface area contributed by atoms with Crippen molar-refractivity contribution in [3.63, 3.8) is 0 Å². The molecule has 1 aliphatic heterocycles. The number of amides is 2. The molecule has 2 aromatic rings. The second-order valence-corrected chi connectivity index (χ2v) is 8.90. The normalized spacial score (nSPS) is 25.3. The Labute approximate surface area is 234 Å². The summed E-state index contributed by atoms with van der Waals surface area (Å²) < 4.78 is 10.9. The van der Waals surface area contributed by atoms with Crippen molar-refractivity contribution in [1.29, 1.82) is 0 Å². The number of nitrogens with one attached hydrogen (secondary N) is 2. The van der Waals surface area contributed by atoms with Gasteiger partial charge in [-0.3, -0.25) is 9.59 Å². The Morgan fingerprint density at radius 2 is 1.44 bits per heavy atom. The summed E-state index contributed by atoms with van der Waals surface area (Å²) in [4.78, 5) is 25.0. The lowest BCUT2D eigenvalue weighted by Gasteiger charge is -2.41. The van der Waals surface area contributed by atoms with Gasteiger partial charge in [0.25, 0.3) is 11.8 Å². The minimum Gasteiger partial charge on any atom is -0.394 e. The van der Waals surface area contributed by atoms with Gasteiger partial charge in [-0.2, -0.15) is 10.2 Å². The van der Waals surface area contributed by atoms with Crippen LogP contribution < -0.4 is 10.9 Å². The minimum atomic E-state index is -2.00. The summed E-state index contributed by atoms with van der Waals surface area (Å²) in [6.07, 6.45) is -13.5. The van der Waals surface area contributed by atoms with Crippen molar-refractivity contribution in [1.82, 2.24) is 10.9 Å². The second kappa shape index (κ2) is 15.4. The molecule has 8 atom stereocenters. The van der Waals surface area contributed by atoms with Crippen molar-refractivity contribution in [2.24, 2.45) is 10.2 Å². The van der Waals surface area contributed by atoms with Crippen LogP contribution in [0.4, 0.5) is 0 Å². The van der Waals surface area contributed by atoms with E-state index in [1.807, 2.05) is 0 Å². The number of hydrazone groups is 2. The van der Waals surface area contributed by atoms with Crippen molar-refractivity contribution in [2.75, 3.05) is 13.2 Å². The summed E-state index contributed by atoms with van der Waals surface area (Å²) in [5.41, 5.74) is 4.46. The molecule has 0 radical (unpaired) electrons. The van der Waals surface area contributed by atoms with Gasteiger partial charge in [-0.25, -0.2) is 10.9 Å². The Bertz CT molecular complexity index is 1180. The Kier molecular flexibility index (Phi) is 12.0. The highest BCUT2D eigenvalue weighted by molar-refractivity contribution is 6.33. The molecule has 1 fully saturated rings. The van der Waals surface area contributed by atoms with Crippen molar-refractivity contribution >= 4 is 23.7 Å². The number of hydrogen-bond acceptors (Lipinski definition) is 13. The summed E-state index contributed by atoms with van der Waals surface area (Å²) in [5.74, 6) is -1.33. The smallest absolute Gasteiger partial charge is 0.271 e. The highest BCUT2D eigenvalue weighted by atomic mass is 16.7. The number of ether oxygens (including phenoxy) is 2. The quantitative estimate of drug-likeness (QED) is 0.0916. The van der Waals surface area contributed by atoms with Crippen molar-refractivity contribution < 1.29 is 54.8 Å². The summed E-state index contributed by atoms with van der Waals surface area (Å²) in [7, 11) is 0. The average Bonchev–Trinajstić information content (AvgIpc) is 3.01. The molecule has 222 valence electrons. The minimum absolute atomic E-state index is 0.201. The van der Waals surface area contributed by atoms with Crippen molar-refractivity contribution in [3.05, 3.63) is 71.8 Å². The van der Waals surface area contributed by atoms with Gasteiger partial charge < -0.3 is 45.2 Å². The number of aliphatic hydroxyl groups excluding tert-OH is 7. The lowest BCUT2D eigenvalue weighted by atomic mass is 9.98. The first-order chi connectivity index (χ1) is 19.7. The van der Waals surface area contributed by atoms with E-state index >= 15 is 0 Å². The number of carbonyl (C=O) groups excluding carboxylic acids is 2. The molecule has 0 saturated carbocycles. The largest absolute Gasteiger partial charge is 0.394 e. The van der Waals surface area contributed by atoms with Gasteiger partial charge in [0.1, 0.15) is 48.4 Å². The molecule has 15 nitrogen and oxygen atoms in total. The Morgan fingerprint density at radius 1 is 0.878 bits per heavy atom. The predicted molar refractivity (Wildman–Crippen MR) is 141 cm³/mol. The molecule has 41 heavy (non-hydrogen) atoms. The zero-order valence-electron chi connectivity index (χ0n) is 21.5. The zero-order valence-corrected chi connectivity index (χ0v) is 21.5. The fourth-order valence-electron chi connectivity index (χ4n) is 3.71. The summed E-state index contributed by atoms with van der Waals surface area (Å²) in [5, 5.41) is 78.2. The summed E-state index contributed by atoms with van der Waals surface area (Å²) in [6, 6.07) is 15.9. The van der Waals surface area contributed by atoms with Crippen LogP contribution in [0.25, 0.3) is 0 Å². The van der Waals surface area contributed by atoms with E-state index in [2.05, 4.69) is 21.1 Å². The molecule has 2 amide bonds. The van der Waals surface area contributed by atoms with Crippen LogP contribution in [-0.4, -0.2) is 122 Å². The van der Waals surface area contributed by atoms with E-state index < -0.39 is 79.8 Å². The number of aliphatic hydroxyl groups is 7. The molecule has 1 heterocycles. The zero-order chi connectivity index (χ0) is 29.9. The van der Waals surface area contributed by atoms with Crippen molar-refractivity contribution in [3.8, 4) is 0 Å². The number of nitrogens with zero attached hydrogens (tertiary/aromatic N) is 2. The standard InChI is InChI=1S/C26H32N4O11/c31-12-17(33)19(34)23(41-26-22(37)21(36)20(35)18(13-32)40-26)16(28-30-25(39)15-9-5-2-6-10-15)11-27-29-24(38)14-7-3-1-4-8-14/h1-11,17-23,26,31-37H,12-13H2,(H,29,38)(H,30,39)/b27-11+,28-16+/t17-,18-,19-,20-,21+,22-,23-,26-/m1/s1. The van der Waals surface area contributed by atoms with Gasteiger partial charge in [0.2, 0.25) is 0 Å². The molecule has 2 aromatic carbocycles. The van der Waals surface area contributed by atoms with Gasteiger partial charge in [-0.15, -0.1) is 0 Å². The number of benzene rings is 2. The molecule has 9 N–H and O–H groups in total. The van der Waals surface area contributed by atoms with Gasteiger partial charge in [-0.1, -0.05) is 36.4 Å². The van der Waals surface area contributed by atoms with Crippen LogP contribution in [0.2, 0.25) is 0 Å². The number of hydrogen-bond donors (Lipinski definition) is 9. The van der Waals surface area contributed by atoms with Crippen LogP contribution >= 0.6 is 0 Å². The van der Waals surface area contributed by atoms with E-state index in [4.69, 9.17) is 9.47 Å². The van der Waals surface area contributed by atoms with E-state index in [-0.39, 0.29) is 11.1 Å². The van der Waals surface area contributed by atoms with E-state index in [0.717, 1.165) is 6.21 Å². The van der Waals surface area contributed by atoms with Gasteiger partial charge in [0.15, 0.2) is 6.29 Å². The topological polar surface area (TPSA) is 243 Å². The third-order valence-electron chi connectivity index (χ3n) is 6.03. The van der Waals surface area contributed by atoms with E-state index in [1.165, 1.54) is 24.3 Å². The predicted octanol–water partition coefficient (Wildman–Crippen LogP) is -2.91. The molecule has 1 saturated heterocycles. The maximum absolute atomic E-state index is 12.6. The van der Waals surface area contributed by atoms with Crippen LogP contribution in [0.5, 0.6) is 0 Å². The maximum Gasteiger partial charge on any atom is 0.271 e. The molecule has 0 aliphatic carbocycles. The average molecular weight is 577 g/mol. The third kappa shape index (κ3) is 8.43. The molecule has 0 aromatic heterocycles. The first-order valence-electron chi connectivity index (χ1n) is 12.4. The fraction of sp³-hybridized carbons (Fsp3) is 0.385. The van der Waals surface area contributed by atoms with Gasteiger partial charge in [0, 0.05) is 11.1 Å². The molecular formula is C26H32N4O11. The monoisotopic (exact) mass is 576 g/mol. The molecule has 0 spiro atoms. The Morgan fingerprint density at radius 3 is 1.98 bits per heavy atom. The van der Waals surface area contributed by atoms with E-state index in [0.29, 0.717) is 0 Å². The van der Waals surface area contributed by atoms with Crippen molar-refractivity contribution in [2.45, 2.75) is 49.0 Å². The second-order valence-electron chi connectivity index (χ2n) is 8.90. The van der Waals surface area contributed by atoms with Gasteiger partial charge in [0.05, 0.1) is 19.4 Å². The van der Waals surface area contributed by atoms with Crippen LogP contribution in [0, 0.1) is 0 Å². The van der Waals surface area contributed by atoms with Gasteiger partial charge in [-0.05, 0) is 24.3 Å². The maximum atomic E-state index is 12.6. The van der Waals surface area contributed by atoms with Crippen LogP contribution in [0.1, 0.15) is 20.7 Å². The number of rotatable bonds is 12. The molecular weight excluding hydrogens is 544 g/mol. The molecule has 3 rings (SSSR count). The summed E-state index contributed by atoms with van der Waals surface area (Å²) >= 11 is 0. The van der Waals surface area contributed by atoms with Crippen LogP contribution in [-0.2, 0) is 9.47 Å². The molecule has 15 heteroatoms.